The Hall–Kier alpha value is -2.94. The Morgan fingerprint density at radius 1 is 1.25 bits per heavy atom. The number of hydrogen-bond donors (Lipinski definition) is 1. The summed E-state index contributed by atoms with van der Waals surface area (Å²) in [6.07, 6.45) is 6.92. The van der Waals surface area contributed by atoms with Gasteiger partial charge in [0.2, 0.25) is 5.91 Å². The van der Waals surface area contributed by atoms with E-state index < -0.39 is 5.82 Å². The lowest BCUT2D eigenvalue weighted by Gasteiger charge is -2.32. The lowest BCUT2D eigenvalue weighted by atomic mass is 10.0. The van der Waals surface area contributed by atoms with E-state index in [0.717, 1.165) is 19.0 Å². The number of hydrogen-bond acceptors (Lipinski definition) is 6. The molecular formula is C19H20FN5O3. The van der Waals surface area contributed by atoms with Crippen LogP contribution < -0.4 is 5.32 Å². The molecule has 2 aromatic heterocycles. The van der Waals surface area contributed by atoms with Gasteiger partial charge in [0.15, 0.2) is 0 Å². The predicted octanol–water partition coefficient (Wildman–Crippen LogP) is 0.742. The molecule has 2 aliphatic rings. The molecule has 4 heterocycles. The van der Waals surface area contributed by atoms with E-state index in [9.17, 15) is 14.0 Å². The third-order valence-electron chi connectivity index (χ3n) is 5.08. The van der Waals surface area contributed by atoms with E-state index in [1.54, 1.807) is 4.90 Å². The van der Waals surface area contributed by atoms with E-state index in [-0.39, 0.29) is 42.1 Å². The topological polar surface area (TPSA) is 97.3 Å². The van der Waals surface area contributed by atoms with Gasteiger partial charge in [0.1, 0.15) is 11.5 Å². The number of aromatic nitrogens is 3. The van der Waals surface area contributed by atoms with Gasteiger partial charge in [0.25, 0.3) is 5.91 Å². The van der Waals surface area contributed by atoms with Gasteiger partial charge < -0.3 is 15.0 Å². The van der Waals surface area contributed by atoms with Crippen LogP contribution in [0, 0.1) is 5.82 Å². The lowest BCUT2D eigenvalue weighted by Crippen LogP contribution is -2.48. The molecule has 146 valence electrons. The van der Waals surface area contributed by atoms with Crippen molar-refractivity contribution < 1.29 is 18.7 Å². The molecule has 9 heteroatoms. The summed E-state index contributed by atoms with van der Waals surface area (Å²) in [6, 6.07) is 2.36. The number of rotatable bonds is 4. The highest BCUT2D eigenvalue weighted by Crippen LogP contribution is 2.29. The number of halogens is 1. The minimum Gasteiger partial charge on any atom is -0.374 e. The Kier molecular flexibility index (Phi) is 5.25. The third-order valence-corrected chi connectivity index (χ3v) is 5.08. The van der Waals surface area contributed by atoms with Crippen molar-refractivity contribution in [2.75, 3.05) is 13.2 Å². The minimum atomic E-state index is -0.440. The van der Waals surface area contributed by atoms with Crippen LogP contribution in [0.5, 0.6) is 0 Å². The van der Waals surface area contributed by atoms with Crippen LogP contribution in [0.3, 0.4) is 0 Å². The van der Waals surface area contributed by atoms with Crippen molar-refractivity contribution in [2.45, 2.75) is 37.5 Å². The summed E-state index contributed by atoms with van der Waals surface area (Å²) in [5, 5.41) is 2.93. The number of likely N-dealkylation sites (tertiary alicyclic amines) is 1. The molecule has 0 saturated carbocycles. The maximum Gasteiger partial charge on any atom is 0.271 e. The molecule has 2 aromatic rings. The van der Waals surface area contributed by atoms with Gasteiger partial charge in [0, 0.05) is 31.2 Å². The SMILES string of the molecule is O=C(N[C@H]1CN(C(=O)Cc2ccc(F)cn2)[C@H]2CCCO[C@@H]12)c1cnccn1. The van der Waals surface area contributed by atoms with Crippen LogP contribution in [0.2, 0.25) is 0 Å². The number of pyridine rings is 1. The lowest BCUT2D eigenvalue weighted by molar-refractivity contribution is -0.134. The minimum absolute atomic E-state index is 0.0777. The van der Waals surface area contributed by atoms with Gasteiger partial charge in [-0.15, -0.1) is 0 Å². The second-order valence-corrected chi connectivity index (χ2v) is 6.91. The fourth-order valence-electron chi connectivity index (χ4n) is 3.80. The van der Waals surface area contributed by atoms with Crippen molar-refractivity contribution in [2.24, 2.45) is 0 Å². The summed E-state index contributed by atoms with van der Waals surface area (Å²) in [6.45, 7) is 0.946. The van der Waals surface area contributed by atoms with Gasteiger partial charge >= 0.3 is 0 Å². The maximum absolute atomic E-state index is 13.0. The average Bonchev–Trinajstić information content (AvgIpc) is 3.09. The predicted molar refractivity (Wildman–Crippen MR) is 95.7 cm³/mol. The number of nitrogens with zero attached hydrogens (tertiary/aromatic N) is 4. The quantitative estimate of drug-likeness (QED) is 0.834. The number of fused-ring (bicyclic) bond motifs is 1. The zero-order chi connectivity index (χ0) is 19.5. The summed E-state index contributed by atoms with van der Waals surface area (Å²) in [7, 11) is 0. The van der Waals surface area contributed by atoms with Crippen LogP contribution in [0.25, 0.3) is 0 Å². The zero-order valence-electron chi connectivity index (χ0n) is 15.1. The number of ether oxygens (including phenoxy) is 1. The highest BCUT2D eigenvalue weighted by Gasteiger charge is 2.46. The zero-order valence-corrected chi connectivity index (χ0v) is 15.1. The molecule has 0 unspecified atom stereocenters. The van der Waals surface area contributed by atoms with Gasteiger partial charge in [-0.1, -0.05) is 0 Å². The fraction of sp³-hybridized carbons (Fsp3) is 0.421. The highest BCUT2D eigenvalue weighted by atomic mass is 19.1. The molecule has 0 radical (unpaired) electrons. The molecule has 2 saturated heterocycles. The highest BCUT2D eigenvalue weighted by molar-refractivity contribution is 5.92. The summed E-state index contributed by atoms with van der Waals surface area (Å²) in [5.41, 5.74) is 0.724. The molecule has 1 N–H and O–H groups in total. The molecule has 2 amide bonds. The molecule has 0 spiro atoms. The Balaban J connectivity index is 1.47. The maximum atomic E-state index is 13.0. The second kappa shape index (κ2) is 7.97. The Bertz CT molecular complexity index is 848. The molecule has 2 aliphatic heterocycles. The van der Waals surface area contributed by atoms with Crippen molar-refractivity contribution in [1.82, 2.24) is 25.2 Å². The van der Waals surface area contributed by atoms with Crippen molar-refractivity contribution in [3.63, 3.8) is 0 Å². The van der Waals surface area contributed by atoms with Crippen LogP contribution in [-0.2, 0) is 16.0 Å². The summed E-state index contributed by atoms with van der Waals surface area (Å²) >= 11 is 0. The number of carbonyl (C=O) groups is 2. The Morgan fingerprint density at radius 3 is 2.89 bits per heavy atom. The van der Waals surface area contributed by atoms with Crippen molar-refractivity contribution >= 4 is 11.8 Å². The van der Waals surface area contributed by atoms with Crippen LogP contribution in [0.4, 0.5) is 4.39 Å². The monoisotopic (exact) mass is 385 g/mol. The van der Waals surface area contributed by atoms with Gasteiger partial charge in [-0.2, -0.15) is 0 Å². The normalized spacial score (nSPS) is 23.9. The molecule has 28 heavy (non-hydrogen) atoms. The largest absolute Gasteiger partial charge is 0.374 e. The number of amides is 2. The fourth-order valence-corrected chi connectivity index (χ4v) is 3.80. The van der Waals surface area contributed by atoms with Crippen LogP contribution >= 0.6 is 0 Å². The molecule has 0 aliphatic carbocycles. The molecule has 4 rings (SSSR count). The summed E-state index contributed by atoms with van der Waals surface area (Å²) < 4.78 is 18.9. The first-order valence-electron chi connectivity index (χ1n) is 9.20. The van der Waals surface area contributed by atoms with E-state index in [4.69, 9.17) is 4.74 Å². The van der Waals surface area contributed by atoms with Crippen molar-refractivity contribution in [3.05, 3.63) is 54.1 Å². The standard InChI is InChI=1S/C19H20FN5O3/c20-12-3-4-13(23-9-12)8-17(26)25-11-15(18-16(25)2-1-7-28-18)24-19(27)14-10-21-5-6-22-14/h3-6,9-10,15-16,18H,1-2,7-8,11H2,(H,24,27)/t15-,16-,18-/m0/s1. The van der Waals surface area contributed by atoms with Gasteiger partial charge in [-0.25, -0.2) is 9.37 Å². The van der Waals surface area contributed by atoms with Gasteiger partial charge in [0.05, 0.1) is 37.0 Å². The number of nitrogens with one attached hydrogen (secondary N) is 1. The number of carbonyl (C=O) groups excluding carboxylic acids is 2. The Labute approximate surface area is 161 Å². The molecule has 0 aromatic carbocycles. The average molecular weight is 385 g/mol. The first kappa shape index (κ1) is 18.4. The first-order valence-corrected chi connectivity index (χ1v) is 9.20. The molecule has 0 bridgehead atoms. The molecular weight excluding hydrogens is 365 g/mol. The van der Waals surface area contributed by atoms with Crippen molar-refractivity contribution in [3.8, 4) is 0 Å². The second-order valence-electron chi connectivity index (χ2n) is 6.91. The summed E-state index contributed by atoms with van der Waals surface area (Å²) in [4.78, 5) is 38.9. The van der Waals surface area contributed by atoms with E-state index in [2.05, 4.69) is 20.3 Å². The molecule has 2 fully saturated rings. The summed E-state index contributed by atoms with van der Waals surface area (Å²) in [5.74, 6) is -0.902. The molecule has 3 atom stereocenters. The smallest absolute Gasteiger partial charge is 0.271 e. The van der Waals surface area contributed by atoms with E-state index >= 15 is 0 Å². The first-order chi connectivity index (χ1) is 13.6. The van der Waals surface area contributed by atoms with Gasteiger partial charge in [-0.3, -0.25) is 19.6 Å². The van der Waals surface area contributed by atoms with E-state index in [1.807, 2.05) is 0 Å². The van der Waals surface area contributed by atoms with Crippen LogP contribution in [0.1, 0.15) is 29.0 Å². The van der Waals surface area contributed by atoms with Gasteiger partial charge in [-0.05, 0) is 25.0 Å². The van der Waals surface area contributed by atoms with Crippen LogP contribution in [-0.4, -0.2) is 63.0 Å². The van der Waals surface area contributed by atoms with E-state index in [1.165, 1.54) is 30.7 Å². The third kappa shape index (κ3) is 3.84. The van der Waals surface area contributed by atoms with E-state index in [0.29, 0.717) is 18.8 Å². The van der Waals surface area contributed by atoms with Crippen molar-refractivity contribution in [1.29, 1.82) is 0 Å². The van der Waals surface area contributed by atoms with Crippen LogP contribution in [0.15, 0.2) is 36.9 Å². The molecule has 8 nitrogen and oxygen atoms in total. The Morgan fingerprint density at radius 2 is 2.14 bits per heavy atom.